The van der Waals surface area contributed by atoms with Crippen LogP contribution in [0.2, 0.25) is 0 Å². The van der Waals surface area contributed by atoms with Gasteiger partial charge in [0.1, 0.15) is 5.75 Å². The van der Waals surface area contributed by atoms with Crippen LogP contribution in [0.5, 0.6) is 11.6 Å². The SMILES string of the molecule is CCc1nn(-c2ccc(O)cc2)c(OC)c1CO. The summed E-state index contributed by atoms with van der Waals surface area (Å²) < 4.78 is 6.94. The summed E-state index contributed by atoms with van der Waals surface area (Å²) in [6, 6.07) is 6.65. The van der Waals surface area contributed by atoms with Crippen LogP contribution >= 0.6 is 0 Å². The normalized spacial score (nSPS) is 10.6. The average Bonchev–Trinajstić information content (AvgIpc) is 2.77. The third kappa shape index (κ3) is 2.04. The van der Waals surface area contributed by atoms with Gasteiger partial charge in [-0.05, 0) is 30.7 Å². The smallest absolute Gasteiger partial charge is 0.222 e. The molecule has 0 saturated heterocycles. The van der Waals surface area contributed by atoms with E-state index in [1.54, 1.807) is 36.1 Å². The molecular weight excluding hydrogens is 232 g/mol. The molecule has 2 aromatic rings. The van der Waals surface area contributed by atoms with Gasteiger partial charge in [0.25, 0.3) is 0 Å². The molecule has 1 heterocycles. The first-order chi connectivity index (χ1) is 8.71. The van der Waals surface area contributed by atoms with Gasteiger partial charge in [-0.25, -0.2) is 4.68 Å². The van der Waals surface area contributed by atoms with E-state index in [-0.39, 0.29) is 12.4 Å². The van der Waals surface area contributed by atoms with Crippen LogP contribution in [-0.2, 0) is 13.0 Å². The second-order valence-electron chi connectivity index (χ2n) is 3.87. The van der Waals surface area contributed by atoms with E-state index in [2.05, 4.69) is 5.10 Å². The van der Waals surface area contributed by atoms with Gasteiger partial charge in [0.05, 0.1) is 30.7 Å². The minimum absolute atomic E-state index is 0.107. The highest BCUT2D eigenvalue weighted by molar-refractivity contribution is 5.43. The second-order valence-corrected chi connectivity index (χ2v) is 3.87. The fourth-order valence-corrected chi connectivity index (χ4v) is 1.90. The largest absolute Gasteiger partial charge is 0.508 e. The zero-order valence-corrected chi connectivity index (χ0v) is 10.4. The van der Waals surface area contributed by atoms with Crippen LogP contribution in [0.3, 0.4) is 0 Å². The summed E-state index contributed by atoms with van der Waals surface area (Å²) >= 11 is 0. The Morgan fingerprint density at radius 3 is 2.44 bits per heavy atom. The molecule has 2 rings (SSSR count). The number of rotatable bonds is 4. The van der Waals surface area contributed by atoms with E-state index >= 15 is 0 Å². The molecule has 5 nitrogen and oxygen atoms in total. The Balaban J connectivity index is 2.56. The number of ether oxygens (including phenoxy) is 1. The number of methoxy groups -OCH3 is 1. The Hall–Kier alpha value is -2.01. The summed E-state index contributed by atoms with van der Waals surface area (Å²) in [6.45, 7) is 1.87. The van der Waals surface area contributed by atoms with Crippen molar-refractivity contribution in [2.75, 3.05) is 7.11 Å². The molecule has 5 heteroatoms. The monoisotopic (exact) mass is 248 g/mol. The molecule has 0 bridgehead atoms. The zero-order valence-electron chi connectivity index (χ0n) is 10.4. The molecule has 0 unspecified atom stereocenters. The molecular formula is C13H16N2O3. The fourth-order valence-electron chi connectivity index (χ4n) is 1.90. The molecule has 18 heavy (non-hydrogen) atoms. The lowest BCUT2D eigenvalue weighted by atomic mass is 10.2. The van der Waals surface area contributed by atoms with Gasteiger partial charge >= 0.3 is 0 Å². The minimum atomic E-state index is -0.107. The first-order valence-corrected chi connectivity index (χ1v) is 5.76. The van der Waals surface area contributed by atoms with Crippen LogP contribution in [0.15, 0.2) is 24.3 Å². The predicted octanol–water partition coefficient (Wildman–Crippen LogP) is 1.64. The molecule has 96 valence electrons. The number of phenolic OH excluding ortho intramolecular Hbond substituents is 1. The molecule has 1 aromatic heterocycles. The fraction of sp³-hybridized carbons (Fsp3) is 0.308. The lowest BCUT2D eigenvalue weighted by molar-refractivity contribution is 0.271. The highest BCUT2D eigenvalue weighted by Crippen LogP contribution is 2.27. The van der Waals surface area contributed by atoms with Crippen LogP contribution in [0.4, 0.5) is 0 Å². The number of hydrogen-bond donors (Lipinski definition) is 2. The Labute approximate surface area is 105 Å². The van der Waals surface area contributed by atoms with Gasteiger partial charge in [-0.1, -0.05) is 6.92 Å². The average molecular weight is 248 g/mol. The lowest BCUT2D eigenvalue weighted by Crippen LogP contribution is -2.00. The highest BCUT2D eigenvalue weighted by Gasteiger charge is 2.17. The molecule has 0 spiro atoms. The van der Waals surface area contributed by atoms with E-state index in [9.17, 15) is 10.2 Å². The summed E-state index contributed by atoms with van der Waals surface area (Å²) in [5.41, 5.74) is 2.29. The van der Waals surface area contributed by atoms with E-state index in [1.165, 1.54) is 0 Å². The molecule has 2 N–H and O–H groups in total. The van der Waals surface area contributed by atoms with Gasteiger partial charge in [0, 0.05) is 0 Å². The quantitative estimate of drug-likeness (QED) is 0.863. The number of phenols is 1. The van der Waals surface area contributed by atoms with E-state index in [0.717, 1.165) is 17.8 Å². The van der Waals surface area contributed by atoms with E-state index < -0.39 is 0 Å². The number of aryl methyl sites for hydroxylation is 1. The van der Waals surface area contributed by atoms with Gasteiger partial charge in [0.2, 0.25) is 5.88 Å². The van der Waals surface area contributed by atoms with Crippen molar-refractivity contribution >= 4 is 0 Å². The number of aromatic hydroxyl groups is 1. The van der Waals surface area contributed by atoms with Crippen molar-refractivity contribution in [2.45, 2.75) is 20.0 Å². The first kappa shape index (κ1) is 12.4. The molecule has 1 aromatic carbocycles. The standard InChI is InChI=1S/C13H16N2O3/c1-3-12-11(8-16)13(18-2)15(14-12)9-4-6-10(17)7-5-9/h4-7,16-17H,3,8H2,1-2H3. The zero-order chi connectivity index (χ0) is 13.1. The lowest BCUT2D eigenvalue weighted by Gasteiger charge is -2.07. The maximum absolute atomic E-state index is 9.39. The molecule has 0 fully saturated rings. The Morgan fingerprint density at radius 2 is 1.94 bits per heavy atom. The van der Waals surface area contributed by atoms with Crippen LogP contribution in [0.1, 0.15) is 18.2 Å². The van der Waals surface area contributed by atoms with E-state index in [0.29, 0.717) is 11.4 Å². The number of benzene rings is 1. The van der Waals surface area contributed by atoms with Crippen LogP contribution < -0.4 is 4.74 Å². The third-order valence-electron chi connectivity index (χ3n) is 2.80. The summed E-state index contributed by atoms with van der Waals surface area (Å²) in [5, 5.41) is 23.1. The molecule has 0 aliphatic carbocycles. The Kier molecular flexibility index (Phi) is 3.53. The predicted molar refractivity (Wildman–Crippen MR) is 67.1 cm³/mol. The topological polar surface area (TPSA) is 67.5 Å². The molecule has 0 atom stereocenters. The van der Waals surface area contributed by atoms with Crippen LogP contribution in [0.25, 0.3) is 5.69 Å². The molecule has 0 saturated carbocycles. The van der Waals surface area contributed by atoms with Gasteiger partial charge in [-0.2, -0.15) is 5.10 Å². The Morgan fingerprint density at radius 1 is 1.28 bits per heavy atom. The first-order valence-electron chi connectivity index (χ1n) is 5.76. The van der Waals surface area contributed by atoms with E-state index in [1.807, 2.05) is 6.92 Å². The van der Waals surface area contributed by atoms with Gasteiger partial charge < -0.3 is 14.9 Å². The number of aliphatic hydroxyl groups is 1. The number of hydrogen-bond acceptors (Lipinski definition) is 4. The van der Waals surface area contributed by atoms with Crippen molar-refractivity contribution < 1.29 is 14.9 Å². The summed E-state index contributed by atoms with van der Waals surface area (Å²) in [5.74, 6) is 0.725. The molecule has 0 aliphatic heterocycles. The molecule has 0 radical (unpaired) electrons. The molecule has 0 amide bonds. The third-order valence-corrected chi connectivity index (χ3v) is 2.80. The van der Waals surface area contributed by atoms with Gasteiger partial charge in [0.15, 0.2) is 0 Å². The van der Waals surface area contributed by atoms with Crippen molar-refractivity contribution in [3.05, 3.63) is 35.5 Å². The maximum Gasteiger partial charge on any atom is 0.222 e. The van der Waals surface area contributed by atoms with Crippen molar-refractivity contribution in [1.82, 2.24) is 9.78 Å². The minimum Gasteiger partial charge on any atom is -0.508 e. The molecule has 0 aliphatic rings. The van der Waals surface area contributed by atoms with Crippen molar-refractivity contribution in [2.24, 2.45) is 0 Å². The van der Waals surface area contributed by atoms with Crippen molar-refractivity contribution in [1.29, 1.82) is 0 Å². The van der Waals surface area contributed by atoms with E-state index in [4.69, 9.17) is 4.74 Å². The summed E-state index contributed by atoms with van der Waals surface area (Å²) in [7, 11) is 1.55. The second kappa shape index (κ2) is 5.10. The van der Waals surface area contributed by atoms with Crippen molar-refractivity contribution in [3.63, 3.8) is 0 Å². The van der Waals surface area contributed by atoms with Crippen LogP contribution in [-0.4, -0.2) is 27.1 Å². The summed E-state index contributed by atoms with van der Waals surface area (Å²) in [4.78, 5) is 0. The number of aromatic nitrogens is 2. The van der Waals surface area contributed by atoms with Gasteiger partial charge in [-0.15, -0.1) is 0 Å². The number of nitrogens with zero attached hydrogens (tertiary/aromatic N) is 2. The number of aliphatic hydroxyl groups excluding tert-OH is 1. The highest BCUT2D eigenvalue weighted by atomic mass is 16.5. The van der Waals surface area contributed by atoms with Crippen molar-refractivity contribution in [3.8, 4) is 17.3 Å². The Bertz CT molecular complexity index is 532. The maximum atomic E-state index is 9.39. The summed E-state index contributed by atoms with van der Waals surface area (Å²) in [6.07, 6.45) is 0.720. The van der Waals surface area contributed by atoms with Crippen LogP contribution in [0, 0.1) is 0 Å². The van der Waals surface area contributed by atoms with Gasteiger partial charge in [-0.3, -0.25) is 0 Å².